The molecule has 6 heteroatoms. The minimum atomic E-state index is -4.40. The Morgan fingerprint density at radius 1 is 1.57 bits per heavy atom. The molecule has 0 atom stereocenters. The van der Waals surface area contributed by atoms with E-state index in [0.717, 1.165) is 0 Å². The SMILES string of the molecule is C=NS(=O)(=O)[O-].[K+]. The average Bonchev–Trinajstić information content (AvgIpc) is 1.35. The first-order valence-electron chi connectivity index (χ1n) is 0.999. The minimum absolute atomic E-state index is 0. The predicted octanol–water partition coefficient (Wildman–Crippen LogP) is -3.85. The molecule has 4 nitrogen and oxygen atoms in total. The van der Waals surface area contributed by atoms with Crippen molar-refractivity contribution in [3.8, 4) is 0 Å². The van der Waals surface area contributed by atoms with E-state index < -0.39 is 10.3 Å². The third-order valence-corrected chi connectivity index (χ3v) is 0.474. The topological polar surface area (TPSA) is 69.6 Å². The minimum Gasteiger partial charge on any atom is -0.730 e. The molecule has 0 aliphatic rings. The van der Waals surface area contributed by atoms with Gasteiger partial charge in [0.05, 0.1) is 0 Å². The summed E-state index contributed by atoms with van der Waals surface area (Å²) < 4.78 is 29.8. The summed E-state index contributed by atoms with van der Waals surface area (Å²) in [6.07, 6.45) is 0. The first kappa shape index (κ1) is 11.1. The zero-order valence-electron chi connectivity index (χ0n) is 3.79. The van der Waals surface area contributed by atoms with Gasteiger partial charge in [0.15, 0.2) is 0 Å². The number of rotatable bonds is 1. The van der Waals surface area contributed by atoms with Crippen LogP contribution in [-0.4, -0.2) is 19.7 Å². The Morgan fingerprint density at radius 3 is 1.71 bits per heavy atom. The van der Waals surface area contributed by atoms with Crippen LogP contribution in [0.2, 0.25) is 0 Å². The van der Waals surface area contributed by atoms with Crippen LogP contribution in [0.5, 0.6) is 0 Å². The zero-order valence-corrected chi connectivity index (χ0v) is 7.73. The average molecular weight is 147 g/mol. The van der Waals surface area contributed by atoms with Gasteiger partial charge in [-0.2, -0.15) is 4.40 Å². The molecule has 0 saturated heterocycles. The third kappa shape index (κ3) is 11.0. The normalized spacial score (nSPS) is 9.29. The van der Waals surface area contributed by atoms with Crippen LogP contribution in [0.15, 0.2) is 4.40 Å². The van der Waals surface area contributed by atoms with Gasteiger partial charge in [-0.25, -0.2) is 8.42 Å². The van der Waals surface area contributed by atoms with E-state index in [9.17, 15) is 13.0 Å². The van der Waals surface area contributed by atoms with E-state index in [1.165, 1.54) is 0 Å². The first-order valence-corrected chi connectivity index (χ1v) is 2.36. The van der Waals surface area contributed by atoms with E-state index in [4.69, 9.17) is 0 Å². The molecule has 0 fully saturated rings. The summed E-state index contributed by atoms with van der Waals surface area (Å²) in [4.78, 5) is 0. The summed E-state index contributed by atoms with van der Waals surface area (Å²) in [6, 6.07) is 0. The van der Waals surface area contributed by atoms with Gasteiger partial charge in [-0.15, -0.1) is 0 Å². The maximum Gasteiger partial charge on any atom is 1.00 e. The summed E-state index contributed by atoms with van der Waals surface area (Å²) >= 11 is 0. The Hall–Kier alpha value is 1.22. The molecular formula is CH2KNO3S. The largest absolute Gasteiger partial charge is 1.00 e. The van der Waals surface area contributed by atoms with Crippen molar-refractivity contribution in [2.24, 2.45) is 4.40 Å². The molecule has 0 radical (unpaired) electrons. The molecule has 0 unspecified atom stereocenters. The maximum atomic E-state index is 9.22. The van der Waals surface area contributed by atoms with Gasteiger partial charge < -0.3 is 4.55 Å². The zero-order chi connectivity index (χ0) is 5.21. The van der Waals surface area contributed by atoms with Crippen LogP contribution in [0.4, 0.5) is 0 Å². The fourth-order valence-corrected chi connectivity index (χ4v) is 0. The van der Waals surface area contributed by atoms with Crippen molar-refractivity contribution >= 4 is 17.0 Å². The molecular weight excluding hydrogens is 145 g/mol. The standard InChI is InChI=1S/CH3NO3S.K/c1-2-6(3,4)5;/h1H2,(H,3,4,5);/q;+1/p-1. The van der Waals surface area contributed by atoms with Gasteiger partial charge in [-0.1, -0.05) is 0 Å². The molecule has 0 N–H and O–H groups in total. The van der Waals surface area contributed by atoms with Crippen molar-refractivity contribution in [1.29, 1.82) is 0 Å². The number of hydrogen-bond acceptors (Lipinski definition) is 3. The molecule has 36 valence electrons. The van der Waals surface area contributed by atoms with Gasteiger partial charge in [-0.05, 0) is 0 Å². The summed E-state index contributed by atoms with van der Waals surface area (Å²) in [7, 11) is -4.40. The molecule has 0 amide bonds. The van der Waals surface area contributed by atoms with E-state index in [0.29, 0.717) is 0 Å². The Bertz CT molecular complexity index is 125. The van der Waals surface area contributed by atoms with Crippen molar-refractivity contribution in [3.63, 3.8) is 0 Å². The van der Waals surface area contributed by atoms with Crippen LogP contribution < -0.4 is 51.4 Å². The van der Waals surface area contributed by atoms with Crippen LogP contribution in [0.25, 0.3) is 0 Å². The predicted molar refractivity (Wildman–Crippen MR) is 19.2 cm³/mol. The van der Waals surface area contributed by atoms with Gasteiger partial charge in [-0.3, -0.25) is 0 Å². The summed E-state index contributed by atoms with van der Waals surface area (Å²) in [5, 5.41) is 0. The molecule has 0 bridgehead atoms. The first-order chi connectivity index (χ1) is 2.56. The van der Waals surface area contributed by atoms with Crippen LogP contribution >= 0.6 is 0 Å². The summed E-state index contributed by atoms with van der Waals surface area (Å²) in [5.41, 5.74) is 0. The molecule has 0 aliphatic carbocycles. The quantitative estimate of drug-likeness (QED) is 0.217. The van der Waals surface area contributed by atoms with E-state index in [1.807, 2.05) is 0 Å². The van der Waals surface area contributed by atoms with Crippen LogP contribution in [0, 0.1) is 0 Å². The molecule has 0 heterocycles. The molecule has 0 aromatic heterocycles. The second-order valence-electron chi connectivity index (χ2n) is 0.557. The maximum absolute atomic E-state index is 9.22. The van der Waals surface area contributed by atoms with Crippen molar-refractivity contribution in [3.05, 3.63) is 0 Å². The van der Waals surface area contributed by atoms with E-state index >= 15 is 0 Å². The number of hydrogen-bond donors (Lipinski definition) is 0. The van der Waals surface area contributed by atoms with Crippen molar-refractivity contribution in [2.75, 3.05) is 0 Å². The summed E-state index contributed by atoms with van der Waals surface area (Å²) in [5.74, 6) is 0. The van der Waals surface area contributed by atoms with E-state index in [2.05, 4.69) is 11.1 Å². The second-order valence-corrected chi connectivity index (χ2v) is 1.67. The Kier molecular flexibility index (Phi) is 6.53. The van der Waals surface area contributed by atoms with Gasteiger partial charge in [0.25, 0.3) is 0 Å². The van der Waals surface area contributed by atoms with Gasteiger partial charge in [0.2, 0.25) is 10.3 Å². The Balaban J connectivity index is 0. The van der Waals surface area contributed by atoms with Crippen LogP contribution in [-0.2, 0) is 10.3 Å². The molecule has 0 aromatic carbocycles. The molecule has 0 saturated carbocycles. The fraction of sp³-hybridized carbons (Fsp3) is 0. The van der Waals surface area contributed by atoms with Crippen molar-refractivity contribution < 1.29 is 64.4 Å². The molecule has 0 aliphatic heterocycles. The molecule has 7 heavy (non-hydrogen) atoms. The molecule has 0 aromatic rings. The fourth-order valence-electron chi connectivity index (χ4n) is 0. The Labute approximate surface area is 84.3 Å². The third-order valence-electron chi connectivity index (χ3n) is 0.158. The van der Waals surface area contributed by atoms with Gasteiger partial charge >= 0.3 is 51.4 Å². The van der Waals surface area contributed by atoms with Gasteiger partial charge in [0, 0.05) is 6.72 Å². The molecule has 0 rings (SSSR count). The number of nitrogens with zero attached hydrogens (tertiary/aromatic N) is 1. The van der Waals surface area contributed by atoms with Crippen molar-refractivity contribution in [1.82, 2.24) is 0 Å². The van der Waals surface area contributed by atoms with E-state index in [-0.39, 0.29) is 51.4 Å². The second kappa shape index (κ2) is 4.13. The monoisotopic (exact) mass is 147 g/mol. The summed E-state index contributed by atoms with van der Waals surface area (Å²) in [6.45, 7) is 2.48. The van der Waals surface area contributed by atoms with Crippen LogP contribution in [0.3, 0.4) is 0 Å². The van der Waals surface area contributed by atoms with Crippen molar-refractivity contribution in [2.45, 2.75) is 0 Å². The van der Waals surface area contributed by atoms with E-state index in [1.54, 1.807) is 0 Å². The van der Waals surface area contributed by atoms with Crippen LogP contribution in [0.1, 0.15) is 0 Å². The smallest absolute Gasteiger partial charge is 0.730 e. The molecule has 0 spiro atoms. The Morgan fingerprint density at radius 2 is 1.71 bits per heavy atom. The van der Waals surface area contributed by atoms with Gasteiger partial charge in [0.1, 0.15) is 0 Å².